The van der Waals surface area contributed by atoms with Gasteiger partial charge in [0.15, 0.2) is 5.71 Å². The number of hydrogen-bond acceptors (Lipinski definition) is 5. The third-order valence-corrected chi connectivity index (χ3v) is 13.1. The van der Waals surface area contributed by atoms with Gasteiger partial charge in [0.05, 0.1) is 17.4 Å². The molecule has 0 unspecified atom stereocenters. The van der Waals surface area contributed by atoms with E-state index in [1.165, 1.54) is 56.2 Å². The molecule has 0 N–H and O–H groups in total. The molecule has 4 aliphatic rings. The molecule has 0 bridgehead atoms. The molecule has 57 heavy (non-hydrogen) atoms. The van der Waals surface area contributed by atoms with Crippen LogP contribution in [0.15, 0.2) is 107 Å². The number of allylic oxidation sites excluding steroid dienone is 8. The number of carboxylic acid groups (broad SMARTS) is 2. The van der Waals surface area contributed by atoms with Crippen molar-refractivity contribution < 1.29 is 24.4 Å². The highest BCUT2D eigenvalue weighted by Gasteiger charge is 2.48. The third kappa shape index (κ3) is 6.46. The van der Waals surface area contributed by atoms with E-state index in [1.807, 2.05) is 24.3 Å². The largest absolute Gasteiger partial charge is 0.545 e. The molecule has 2 aliphatic carbocycles. The summed E-state index contributed by atoms with van der Waals surface area (Å²) in [5.41, 5.74) is 12.8. The minimum absolute atomic E-state index is 0.244. The number of carboxylic acids is 2. The second-order valence-electron chi connectivity index (χ2n) is 17.6. The van der Waals surface area contributed by atoms with E-state index in [4.69, 9.17) is 0 Å². The summed E-state index contributed by atoms with van der Waals surface area (Å²) in [7, 11) is 0. The lowest BCUT2D eigenvalue weighted by atomic mass is 9.74. The normalized spacial score (nSPS) is 20.6. The fourth-order valence-corrected chi connectivity index (χ4v) is 10.8. The van der Waals surface area contributed by atoms with Crippen LogP contribution in [0.4, 0.5) is 11.4 Å². The van der Waals surface area contributed by atoms with Crippen molar-refractivity contribution in [1.29, 1.82) is 0 Å². The van der Waals surface area contributed by atoms with Gasteiger partial charge in [-0.1, -0.05) is 95.2 Å². The summed E-state index contributed by atoms with van der Waals surface area (Å²) < 4.78 is 2.53. The van der Waals surface area contributed by atoms with Gasteiger partial charge in [0, 0.05) is 58.1 Å². The molecule has 2 heterocycles. The van der Waals surface area contributed by atoms with Gasteiger partial charge in [0.1, 0.15) is 6.54 Å². The van der Waals surface area contributed by atoms with Crippen LogP contribution < -0.4 is 15.1 Å². The Morgan fingerprint density at radius 2 is 1.37 bits per heavy atom. The lowest BCUT2D eigenvalue weighted by Gasteiger charge is -2.31. The number of aromatic carboxylic acids is 2. The second-order valence-corrected chi connectivity index (χ2v) is 17.6. The molecule has 6 nitrogen and oxygen atoms in total. The zero-order valence-corrected chi connectivity index (χ0v) is 34.5. The number of carbonyl (C=O) groups excluding carboxylic acids is 2. The number of benzene rings is 4. The van der Waals surface area contributed by atoms with Crippen molar-refractivity contribution in [3.8, 4) is 0 Å². The first-order valence-electron chi connectivity index (χ1n) is 21.2. The summed E-state index contributed by atoms with van der Waals surface area (Å²) in [6.07, 6.45) is 18.0. The van der Waals surface area contributed by atoms with Gasteiger partial charge >= 0.3 is 0 Å². The second kappa shape index (κ2) is 14.9. The molecule has 0 saturated carbocycles. The maximum atomic E-state index is 12.1. The van der Waals surface area contributed by atoms with Gasteiger partial charge in [-0.3, -0.25) is 0 Å². The predicted octanol–water partition coefficient (Wildman–Crippen LogP) is 9.90. The van der Waals surface area contributed by atoms with Crippen LogP contribution >= 0.6 is 0 Å². The first-order chi connectivity index (χ1) is 27.4. The van der Waals surface area contributed by atoms with Crippen LogP contribution in [0.5, 0.6) is 0 Å². The quantitative estimate of drug-likeness (QED) is 0.150. The minimum atomic E-state index is -1.14. The average Bonchev–Trinajstić information content (AvgIpc) is 3.57. The van der Waals surface area contributed by atoms with Crippen molar-refractivity contribution in [2.24, 2.45) is 0 Å². The summed E-state index contributed by atoms with van der Waals surface area (Å²) in [4.78, 5) is 26.8. The number of anilines is 1. The molecule has 6 heteroatoms. The molecule has 0 spiro atoms. The smallest absolute Gasteiger partial charge is 0.210 e. The van der Waals surface area contributed by atoms with E-state index in [2.05, 4.69) is 93.5 Å². The summed E-state index contributed by atoms with van der Waals surface area (Å²) in [6.45, 7) is 15.6. The van der Waals surface area contributed by atoms with Crippen molar-refractivity contribution in [1.82, 2.24) is 0 Å². The standard InChI is InChI=1S/C51H56N2O4/c1-7-9-27-52-42-25-23-36-38(19-13-21-40(36)48(54)55)44(42)50(3,4)46(52)34-17-11-15-32(30-34)29-33-16-12-18-35(31-33)47-51(5,6)45-39-20-14-22-41(49(56)57)37(39)24-26-43(45)53(47)28-10-8-2/h13-14,19-26,29-31H,7-12,15-18,27-28H2,1-6H3,(H-,54,55,56,57)/p-1. The molecule has 0 atom stereocenters. The molecular weight excluding hydrogens is 705 g/mol. The Kier molecular flexibility index (Phi) is 10.1. The first kappa shape index (κ1) is 38.6. The van der Waals surface area contributed by atoms with E-state index in [1.54, 1.807) is 12.1 Å². The van der Waals surface area contributed by atoms with Gasteiger partial charge in [0.25, 0.3) is 0 Å². The average molecular weight is 760 g/mol. The number of carbonyl (C=O) groups is 2. The molecule has 0 radical (unpaired) electrons. The zero-order valence-electron chi connectivity index (χ0n) is 34.5. The molecule has 4 aromatic rings. The van der Waals surface area contributed by atoms with E-state index in [0.29, 0.717) is 0 Å². The topological polar surface area (TPSA) is 86.5 Å². The first-order valence-corrected chi connectivity index (χ1v) is 21.2. The fourth-order valence-electron chi connectivity index (χ4n) is 10.8. The molecule has 4 aromatic carbocycles. The summed E-state index contributed by atoms with van der Waals surface area (Å²) in [5.74, 6) is -2.28. The third-order valence-electron chi connectivity index (χ3n) is 13.1. The Bertz CT molecular complexity index is 2510. The molecule has 2 aliphatic heterocycles. The van der Waals surface area contributed by atoms with Crippen LogP contribution in [0.3, 0.4) is 0 Å². The van der Waals surface area contributed by atoms with Gasteiger partial charge in [0.2, 0.25) is 5.69 Å². The van der Waals surface area contributed by atoms with Crippen LogP contribution in [0, 0.1) is 0 Å². The molecule has 0 fully saturated rings. The predicted molar refractivity (Wildman–Crippen MR) is 229 cm³/mol. The highest BCUT2D eigenvalue weighted by molar-refractivity contribution is 6.13. The van der Waals surface area contributed by atoms with Crippen molar-refractivity contribution in [3.05, 3.63) is 129 Å². The van der Waals surface area contributed by atoms with Gasteiger partial charge < -0.3 is 24.7 Å². The maximum Gasteiger partial charge on any atom is 0.210 e. The van der Waals surface area contributed by atoms with Crippen molar-refractivity contribution in [2.45, 2.75) is 117 Å². The van der Waals surface area contributed by atoms with Crippen molar-refractivity contribution >= 4 is 50.6 Å². The minimum Gasteiger partial charge on any atom is -0.545 e. The lowest BCUT2D eigenvalue weighted by molar-refractivity contribution is -0.438. The van der Waals surface area contributed by atoms with Gasteiger partial charge in [-0.25, -0.2) is 0 Å². The van der Waals surface area contributed by atoms with Crippen LogP contribution in [0.2, 0.25) is 0 Å². The van der Waals surface area contributed by atoms with Crippen molar-refractivity contribution in [3.63, 3.8) is 0 Å². The highest BCUT2D eigenvalue weighted by atomic mass is 16.4. The number of unbranched alkanes of at least 4 members (excludes halogenated alkanes) is 2. The van der Waals surface area contributed by atoms with E-state index >= 15 is 0 Å². The Morgan fingerprint density at radius 3 is 2.04 bits per heavy atom. The Labute approximate surface area is 337 Å². The fraction of sp³-hybridized carbons (Fsp3) is 0.392. The van der Waals surface area contributed by atoms with Gasteiger partial charge in [-0.15, -0.1) is 0 Å². The zero-order chi connectivity index (χ0) is 40.2. The van der Waals surface area contributed by atoms with E-state index < -0.39 is 11.9 Å². The Morgan fingerprint density at radius 1 is 0.719 bits per heavy atom. The van der Waals surface area contributed by atoms with E-state index in [-0.39, 0.29) is 22.0 Å². The molecule has 0 saturated heterocycles. The SMILES string of the molecule is CCCCN1/C(=C2C=C(/C=C3/C=C(C4=[N+](CCCC)c5ccc6c(C(=O)[O-])cccc6c5C4(C)C)CCC3)CCC/2)C(C)(C)c2c1ccc1c(C(=O)[O-])cccc21. The summed E-state index contributed by atoms with van der Waals surface area (Å²) in [6, 6.07) is 19.4. The maximum absolute atomic E-state index is 12.1. The number of fused-ring (bicyclic) bond motifs is 6. The van der Waals surface area contributed by atoms with Crippen LogP contribution in [-0.4, -0.2) is 35.3 Å². The molecule has 0 amide bonds. The van der Waals surface area contributed by atoms with Crippen molar-refractivity contribution in [2.75, 3.05) is 18.0 Å². The lowest BCUT2D eigenvalue weighted by Crippen LogP contribution is -2.32. The number of hydrogen-bond donors (Lipinski definition) is 0. The summed E-state index contributed by atoms with van der Waals surface area (Å²) >= 11 is 0. The highest BCUT2D eigenvalue weighted by Crippen LogP contribution is 2.53. The van der Waals surface area contributed by atoms with Crippen LogP contribution in [0.25, 0.3) is 21.5 Å². The van der Waals surface area contributed by atoms with E-state index in [9.17, 15) is 19.8 Å². The molecule has 0 aromatic heterocycles. The number of rotatable bonds is 10. The molecular formula is C51H55N2O4-. The monoisotopic (exact) mass is 759 g/mol. The van der Waals surface area contributed by atoms with Crippen LogP contribution in [0.1, 0.15) is 138 Å². The Balaban J connectivity index is 1.21. The summed E-state index contributed by atoms with van der Waals surface area (Å²) in [5, 5.41) is 27.7. The number of nitrogens with zero attached hydrogens (tertiary/aromatic N) is 2. The molecule has 8 rings (SSSR count). The molecule has 294 valence electrons. The van der Waals surface area contributed by atoms with E-state index in [0.717, 1.165) is 98.8 Å². The van der Waals surface area contributed by atoms with Gasteiger partial charge in [-0.05, 0) is 121 Å². The Hall–Kier alpha value is -5.23. The van der Waals surface area contributed by atoms with Gasteiger partial charge in [-0.2, -0.15) is 4.58 Å². The van der Waals surface area contributed by atoms with Crippen LogP contribution in [-0.2, 0) is 10.8 Å².